The molecule has 0 amide bonds. The number of phenols is 1. The van der Waals surface area contributed by atoms with E-state index in [4.69, 9.17) is 10.8 Å². The van der Waals surface area contributed by atoms with Crippen molar-refractivity contribution in [3.8, 4) is 5.75 Å². The van der Waals surface area contributed by atoms with Crippen molar-refractivity contribution in [2.75, 3.05) is 6.61 Å². The molecule has 84 valence electrons. The van der Waals surface area contributed by atoms with Gasteiger partial charge in [0.25, 0.3) is 0 Å². The molecule has 0 heterocycles. The first-order valence-corrected chi connectivity index (χ1v) is 5.77. The lowest BCUT2D eigenvalue weighted by Gasteiger charge is -2.15. The van der Waals surface area contributed by atoms with E-state index in [1.54, 1.807) is 0 Å². The predicted molar refractivity (Wildman–Crippen MR) is 63.8 cm³/mol. The van der Waals surface area contributed by atoms with Crippen LogP contribution in [0, 0.1) is 0 Å². The highest BCUT2D eigenvalue weighted by Crippen LogP contribution is 2.33. The van der Waals surface area contributed by atoms with Gasteiger partial charge in [0, 0.05) is 18.2 Å². The molecule has 0 aromatic heterocycles. The summed E-state index contributed by atoms with van der Waals surface area (Å²) in [5.41, 5.74) is 7.66. The van der Waals surface area contributed by atoms with Crippen LogP contribution in [0.15, 0.2) is 16.6 Å². The van der Waals surface area contributed by atoms with Crippen molar-refractivity contribution < 1.29 is 10.2 Å². The van der Waals surface area contributed by atoms with Gasteiger partial charge in [0.15, 0.2) is 0 Å². The first-order chi connectivity index (χ1) is 7.10. The number of hydrogen-bond acceptors (Lipinski definition) is 3. The number of nitrogens with two attached hydrogens (primary N) is 1. The van der Waals surface area contributed by atoms with Gasteiger partial charge in [0.05, 0.1) is 4.47 Å². The van der Waals surface area contributed by atoms with Crippen LogP contribution >= 0.6 is 15.9 Å². The van der Waals surface area contributed by atoms with Crippen LogP contribution in [0.25, 0.3) is 0 Å². The second kappa shape index (κ2) is 5.49. The third kappa shape index (κ3) is 2.93. The normalized spacial score (nSPS) is 12.8. The van der Waals surface area contributed by atoms with Gasteiger partial charge in [-0.05, 0) is 40.4 Å². The number of benzene rings is 1. The molecule has 1 aromatic rings. The molecule has 1 aromatic carbocycles. The van der Waals surface area contributed by atoms with Gasteiger partial charge in [-0.3, -0.25) is 0 Å². The first-order valence-electron chi connectivity index (χ1n) is 4.97. The van der Waals surface area contributed by atoms with E-state index in [1.807, 2.05) is 19.1 Å². The van der Waals surface area contributed by atoms with Gasteiger partial charge in [-0.15, -0.1) is 0 Å². The summed E-state index contributed by atoms with van der Waals surface area (Å²) in [5, 5.41) is 18.6. The van der Waals surface area contributed by atoms with Crippen molar-refractivity contribution in [2.45, 2.75) is 25.8 Å². The maximum absolute atomic E-state index is 9.81. The molecule has 3 nitrogen and oxygen atoms in total. The number of aliphatic hydroxyl groups is 1. The van der Waals surface area contributed by atoms with E-state index in [2.05, 4.69) is 15.9 Å². The maximum Gasteiger partial charge on any atom is 0.134 e. The van der Waals surface area contributed by atoms with Crippen LogP contribution in [0.3, 0.4) is 0 Å². The zero-order valence-corrected chi connectivity index (χ0v) is 10.3. The average Bonchev–Trinajstić information content (AvgIpc) is 2.22. The third-order valence-corrected chi connectivity index (χ3v) is 3.00. The second-order valence-corrected chi connectivity index (χ2v) is 4.34. The minimum Gasteiger partial charge on any atom is -0.506 e. The van der Waals surface area contributed by atoms with Crippen LogP contribution in [0.2, 0.25) is 0 Å². The van der Waals surface area contributed by atoms with Crippen LogP contribution in [0.5, 0.6) is 5.75 Å². The Morgan fingerprint density at radius 2 is 2.13 bits per heavy atom. The monoisotopic (exact) mass is 273 g/mol. The topological polar surface area (TPSA) is 66.5 Å². The molecule has 0 saturated heterocycles. The summed E-state index contributed by atoms with van der Waals surface area (Å²) >= 11 is 3.29. The summed E-state index contributed by atoms with van der Waals surface area (Å²) in [6.45, 7) is 2.06. The fourth-order valence-electron chi connectivity index (χ4n) is 1.46. The van der Waals surface area contributed by atoms with Crippen LogP contribution in [0.4, 0.5) is 0 Å². The van der Waals surface area contributed by atoms with Gasteiger partial charge in [-0.2, -0.15) is 0 Å². The SMILES string of the molecule is CCc1cc(Br)c(O)c(C(N)CCO)c1. The summed E-state index contributed by atoms with van der Waals surface area (Å²) < 4.78 is 0.658. The lowest BCUT2D eigenvalue weighted by Crippen LogP contribution is -2.12. The van der Waals surface area contributed by atoms with Crippen molar-refractivity contribution in [2.24, 2.45) is 5.73 Å². The molecule has 0 radical (unpaired) electrons. The number of rotatable bonds is 4. The Hall–Kier alpha value is -0.580. The number of aromatic hydroxyl groups is 1. The molecule has 0 aliphatic carbocycles. The average molecular weight is 274 g/mol. The Bertz CT molecular complexity index is 342. The smallest absolute Gasteiger partial charge is 0.134 e. The van der Waals surface area contributed by atoms with E-state index in [-0.39, 0.29) is 18.4 Å². The standard InChI is InChI=1S/C11H16BrNO2/c1-2-7-5-8(10(13)3-4-14)11(15)9(12)6-7/h5-6,10,14-15H,2-4,13H2,1H3. The molecular formula is C11H16BrNO2. The number of aryl methyl sites for hydroxylation is 1. The lowest BCUT2D eigenvalue weighted by atomic mass is 10.0. The van der Waals surface area contributed by atoms with Gasteiger partial charge in [0.1, 0.15) is 5.75 Å². The van der Waals surface area contributed by atoms with Gasteiger partial charge in [-0.25, -0.2) is 0 Å². The number of phenolic OH excluding ortho intramolecular Hbond substituents is 1. The Balaban J connectivity index is 3.09. The Morgan fingerprint density at radius 3 is 2.67 bits per heavy atom. The van der Waals surface area contributed by atoms with Crippen molar-refractivity contribution in [1.29, 1.82) is 0 Å². The van der Waals surface area contributed by atoms with Crippen molar-refractivity contribution in [3.05, 3.63) is 27.7 Å². The summed E-state index contributed by atoms with van der Waals surface area (Å²) in [7, 11) is 0. The molecule has 0 saturated carbocycles. The van der Waals surface area contributed by atoms with Gasteiger partial charge in [0.2, 0.25) is 0 Å². The van der Waals surface area contributed by atoms with E-state index >= 15 is 0 Å². The molecule has 0 fully saturated rings. The molecule has 4 N–H and O–H groups in total. The molecule has 15 heavy (non-hydrogen) atoms. The van der Waals surface area contributed by atoms with Gasteiger partial charge in [-0.1, -0.05) is 13.0 Å². The second-order valence-electron chi connectivity index (χ2n) is 3.49. The Morgan fingerprint density at radius 1 is 1.47 bits per heavy atom. The lowest BCUT2D eigenvalue weighted by molar-refractivity contribution is 0.275. The van der Waals surface area contributed by atoms with Crippen LogP contribution in [0.1, 0.15) is 30.5 Å². The summed E-state index contributed by atoms with van der Waals surface area (Å²) in [5.74, 6) is 0.174. The highest BCUT2D eigenvalue weighted by molar-refractivity contribution is 9.10. The van der Waals surface area contributed by atoms with Crippen molar-refractivity contribution >= 4 is 15.9 Å². The number of hydrogen-bond donors (Lipinski definition) is 3. The fraction of sp³-hybridized carbons (Fsp3) is 0.455. The largest absolute Gasteiger partial charge is 0.506 e. The molecule has 0 aliphatic heterocycles. The maximum atomic E-state index is 9.81. The van der Waals surface area contributed by atoms with Gasteiger partial charge >= 0.3 is 0 Å². The molecular weight excluding hydrogens is 258 g/mol. The molecule has 1 unspecified atom stereocenters. The predicted octanol–water partition coefficient (Wildman–Crippen LogP) is 2.10. The molecule has 0 spiro atoms. The zero-order valence-electron chi connectivity index (χ0n) is 8.70. The zero-order chi connectivity index (χ0) is 11.4. The number of halogens is 1. The highest BCUT2D eigenvalue weighted by Gasteiger charge is 2.13. The van der Waals surface area contributed by atoms with Gasteiger partial charge < -0.3 is 15.9 Å². The van der Waals surface area contributed by atoms with E-state index in [0.717, 1.165) is 12.0 Å². The van der Waals surface area contributed by atoms with E-state index in [9.17, 15) is 5.11 Å². The minimum atomic E-state index is -0.321. The molecule has 0 aliphatic rings. The Labute approximate surface area is 98.1 Å². The van der Waals surface area contributed by atoms with Crippen LogP contribution < -0.4 is 5.73 Å². The first kappa shape index (κ1) is 12.5. The Kier molecular flexibility index (Phi) is 4.57. The quantitative estimate of drug-likeness (QED) is 0.787. The summed E-state index contributed by atoms with van der Waals surface area (Å²) in [6, 6.07) is 3.45. The number of aliphatic hydroxyl groups excluding tert-OH is 1. The van der Waals surface area contributed by atoms with Crippen LogP contribution in [-0.2, 0) is 6.42 Å². The fourth-order valence-corrected chi connectivity index (χ4v) is 1.98. The van der Waals surface area contributed by atoms with Crippen molar-refractivity contribution in [3.63, 3.8) is 0 Å². The molecule has 4 heteroatoms. The van der Waals surface area contributed by atoms with Crippen molar-refractivity contribution in [1.82, 2.24) is 0 Å². The molecule has 0 bridgehead atoms. The highest BCUT2D eigenvalue weighted by atomic mass is 79.9. The molecule has 1 rings (SSSR count). The van der Waals surface area contributed by atoms with E-state index < -0.39 is 0 Å². The third-order valence-electron chi connectivity index (χ3n) is 2.40. The van der Waals surface area contributed by atoms with E-state index in [0.29, 0.717) is 16.5 Å². The minimum absolute atomic E-state index is 0.0224. The molecule has 1 atom stereocenters. The van der Waals surface area contributed by atoms with E-state index in [1.165, 1.54) is 0 Å². The van der Waals surface area contributed by atoms with Crippen LogP contribution in [-0.4, -0.2) is 16.8 Å². The summed E-state index contributed by atoms with van der Waals surface area (Å²) in [4.78, 5) is 0. The summed E-state index contributed by atoms with van der Waals surface area (Å²) in [6.07, 6.45) is 1.34.